The van der Waals surface area contributed by atoms with Crippen molar-refractivity contribution in [1.82, 2.24) is 9.80 Å². The molecule has 0 radical (unpaired) electrons. The number of amides is 1. The van der Waals surface area contributed by atoms with Crippen LogP contribution < -0.4 is 10.6 Å². The summed E-state index contributed by atoms with van der Waals surface area (Å²) in [5.74, 6) is -5.49. The smallest absolute Gasteiger partial charge is 0.255 e. The van der Waals surface area contributed by atoms with E-state index in [1.807, 2.05) is 25.1 Å². The van der Waals surface area contributed by atoms with Crippen molar-refractivity contribution in [3.8, 4) is 5.75 Å². The summed E-state index contributed by atoms with van der Waals surface area (Å²) in [6.45, 7) is 2.39. The van der Waals surface area contributed by atoms with Crippen molar-refractivity contribution in [3.05, 3.63) is 39.7 Å². The van der Waals surface area contributed by atoms with Crippen LogP contribution in [-0.2, 0) is 27.3 Å². The Bertz CT molecular complexity index is 1320. The summed E-state index contributed by atoms with van der Waals surface area (Å²) in [6.07, 6.45) is 5.29. The van der Waals surface area contributed by atoms with E-state index >= 15 is 0 Å². The van der Waals surface area contributed by atoms with Crippen molar-refractivity contribution < 1.29 is 29.7 Å². The number of ketones is 2. The Labute approximate surface area is 234 Å². The Kier molecular flexibility index (Phi) is 7.43. The van der Waals surface area contributed by atoms with Crippen LogP contribution in [0.4, 0.5) is 5.69 Å². The lowest BCUT2D eigenvalue weighted by molar-refractivity contribution is -0.136. The number of allylic oxidation sites excluding steroid dienone is 1. The molecule has 1 aromatic carbocycles. The van der Waals surface area contributed by atoms with Gasteiger partial charge in [-0.3, -0.25) is 24.2 Å². The monoisotopic (exact) mass is 552 g/mol. The minimum absolute atomic E-state index is 0.0419. The average Bonchev–Trinajstić information content (AvgIpc) is 3.13. The first-order valence-electron chi connectivity index (χ1n) is 14.1. The van der Waals surface area contributed by atoms with Crippen LogP contribution in [0, 0.1) is 17.8 Å². The first-order valence-corrected chi connectivity index (χ1v) is 14.1. The molecule has 4 atom stereocenters. The summed E-state index contributed by atoms with van der Waals surface area (Å²) in [5.41, 5.74) is 7.55. The fourth-order valence-corrected chi connectivity index (χ4v) is 7.42. The van der Waals surface area contributed by atoms with E-state index in [2.05, 4.69) is 4.90 Å². The van der Waals surface area contributed by atoms with Gasteiger partial charge in [0.2, 0.25) is 0 Å². The minimum atomic E-state index is -1.25. The van der Waals surface area contributed by atoms with Gasteiger partial charge in [0.15, 0.2) is 11.6 Å². The van der Waals surface area contributed by atoms with E-state index in [1.54, 1.807) is 19.0 Å². The molecule has 1 amide bonds. The number of phenolic OH excluding ortho intramolecular Hbond substituents is 1. The highest BCUT2D eigenvalue weighted by Gasteiger charge is 2.56. The lowest BCUT2D eigenvalue weighted by Gasteiger charge is -2.46. The Morgan fingerprint density at radius 1 is 1.02 bits per heavy atom. The summed E-state index contributed by atoms with van der Waals surface area (Å²) >= 11 is 0. The van der Waals surface area contributed by atoms with Crippen molar-refractivity contribution in [2.75, 3.05) is 46.2 Å². The average molecular weight is 553 g/mol. The molecular formula is C30H40N4O6. The molecule has 4 aliphatic rings. The number of likely N-dealkylation sites (tertiary alicyclic amines) is 1. The number of carbonyl (C=O) groups excluding carboxylic acids is 3. The molecule has 1 aromatic rings. The highest BCUT2D eigenvalue weighted by atomic mass is 16.3. The third-order valence-electron chi connectivity index (χ3n) is 9.19. The molecule has 216 valence electrons. The second-order valence-electron chi connectivity index (χ2n) is 12.1. The van der Waals surface area contributed by atoms with Crippen LogP contribution in [0.2, 0.25) is 0 Å². The quantitative estimate of drug-likeness (QED) is 0.319. The molecule has 10 heteroatoms. The van der Waals surface area contributed by atoms with E-state index in [0.29, 0.717) is 24.9 Å². The van der Waals surface area contributed by atoms with E-state index in [4.69, 9.17) is 5.73 Å². The molecule has 5 rings (SSSR count). The lowest BCUT2D eigenvalue weighted by atomic mass is 9.59. The number of aliphatic hydroxyl groups excluding tert-OH is 2. The van der Waals surface area contributed by atoms with Gasteiger partial charge in [-0.1, -0.05) is 12.8 Å². The lowest BCUT2D eigenvalue weighted by Crippen LogP contribution is -2.55. The number of hydrogen-bond acceptors (Lipinski definition) is 9. The van der Waals surface area contributed by atoms with Crippen LogP contribution in [0.3, 0.4) is 0 Å². The Morgan fingerprint density at radius 2 is 1.68 bits per heavy atom. The summed E-state index contributed by atoms with van der Waals surface area (Å²) in [7, 11) is 7.25. The molecule has 0 bridgehead atoms. The van der Waals surface area contributed by atoms with Gasteiger partial charge in [-0.25, -0.2) is 0 Å². The largest absolute Gasteiger partial charge is 0.510 e. The van der Waals surface area contributed by atoms with Crippen LogP contribution in [0.5, 0.6) is 5.75 Å². The fourth-order valence-electron chi connectivity index (χ4n) is 7.42. The van der Waals surface area contributed by atoms with Crippen molar-refractivity contribution in [2.45, 2.75) is 51.1 Å². The van der Waals surface area contributed by atoms with Gasteiger partial charge >= 0.3 is 0 Å². The number of carbonyl (C=O) groups is 3. The molecule has 3 aliphatic carbocycles. The number of fused-ring (bicyclic) bond motifs is 3. The zero-order chi connectivity index (χ0) is 29.0. The zero-order valence-electron chi connectivity index (χ0n) is 23.7. The first kappa shape index (κ1) is 28.2. The van der Waals surface area contributed by atoms with Crippen LogP contribution in [-0.4, -0.2) is 89.9 Å². The van der Waals surface area contributed by atoms with Crippen LogP contribution in [0.15, 0.2) is 23.0 Å². The minimum Gasteiger partial charge on any atom is -0.510 e. The molecular weight excluding hydrogens is 512 g/mol. The van der Waals surface area contributed by atoms with E-state index in [1.165, 1.54) is 12.8 Å². The summed E-state index contributed by atoms with van der Waals surface area (Å²) in [5, 5.41) is 34.1. The van der Waals surface area contributed by atoms with Crippen molar-refractivity contribution in [3.63, 3.8) is 0 Å². The Balaban J connectivity index is 1.62. The van der Waals surface area contributed by atoms with Gasteiger partial charge in [0.05, 0.1) is 17.5 Å². The van der Waals surface area contributed by atoms with Crippen LogP contribution in [0.25, 0.3) is 5.76 Å². The second-order valence-corrected chi connectivity index (χ2v) is 12.1. The number of aromatic hydroxyl groups is 1. The van der Waals surface area contributed by atoms with Gasteiger partial charge in [-0.05, 0) is 76.3 Å². The molecule has 40 heavy (non-hydrogen) atoms. The molecule has 1 heterocycles. The van der Waals surface area contributed by atoms with Crippen LogP contribution >= 0.6 is 0 Å². The number of nitrogens with two attached hydrogens (primary N) is 1. The number of rotatable bonds is 5. The predicted molar refractivity (Wildman–Crippen MR) is 151 cm³/mol. The van der Waals surface area contributed by atoms with E-state index in [0.717, 1.165) is 37.2 Å². The van der Waals surface area contributed by atoms with Crippen molar-refractivity contribution in [1.29, 1.82) is 0 Å². The van der Waals surface area contributed by atoms with Crippen LogP contribution in [0.1, 0.15) is 48.8 Å². The maximum absolute atomic E-state index is 14.0. The Morgan fingerprint density at radius 3 is 2.25 bits per heavy atom. The van der Waals surface area contributed by atoms with E-state index < -0.39 is 52.6 Å². The number of nitrogens with zero attached hydrogens (tertiary/aromatic N) is 3. The fraction of sp³-hybridized carbons (Fsp3) is 0.567. The summed E-state index contributed by atoms with van der Waals surface area (Å²) in [4.78, 5) is 45.5. The van der Waals surface area contributed by atoms with Crippen molar-refractivity contribution >= 4 is 28.9 Å². The molecule has 3 unspecified atom stereocenters. The third kappa shape index (κ3) is 4.47. The van der Waals surface area contributed by atoms with Gasteiger partial charge in [-0.15, -0.1) is 0 Å². The molecule has 5 N–H and O–H groups in total. The molecule has 1 saturated carbocycles. The van der Waals surface area contributed by atoms with Crippen molar-refractivity contribution in [2.24, 2.45) is 23.5 Å². The standard InChI is InChI=1S/C30H40N4O6/c1-32(2)19-13-16(14-34-9-7-5-6-8-10-34)25(35)21-17(19)11-15-12-18-22(27(37)20(15)26(21)36)28(38)23(30(31)40)29(39)24(18)33(3)4/h13,15,18,22,24,35-36,39H,5-12,14H2,1-4H3,(H2,31,40)/t15?,18?,22?,24-/m0/s1. The normalized spacial score (nSPS) is 27.3. The second kappa shape index (κ2) is 10.6. The number of primary amides is 1. The number of likely N-dealkylation sites (N-methyl/N-ethyl adjacent to an activating group) is 1. The van der Waals surface area contributed by atoms with Gasteiger partial charge in [0.1, 0.15) is 22.8 Å². The summed E-state index contributed by atoms with van der Waals surface area (Å²) in [6, 6.07) is 1.22. The van der Waals surface area contributed by atoms with Gasteiger partial charge in [0.25, 0.3) is 5.91 Å². The molecule has 0 spiro atoms. The predicted octanol–water partition coefficient (Wildman–Crippen LogP) is 2.29. The number of hydrogen-bond donors (Lipinski definition) is 4. The van der Waals surface area contributed by atoms with Gasteiger partial charge < -0.3 is 26.0 Å². The number of Topliss-reactive ketones (excluding diaryl/α,β-unsaturated/α-hetero) is 2. The third-order valence-corrected chi connectivity index (χ3v) is 9.19. The molecule has 1 aliphatic heterocycles. The topological polar surface area (TPSA) is 148 Å². The number of anilines is 1. The highest BCUT2D eigenvalue weighted by molar-refractivity contribution is 6.28. The molecule has 0 aromatic heterocycles. The zero-order valence-corrected chi connectivity index (χ0v) is 23.7. The number of benzene rings is 1. The molecule has 1 saturated heterocycles. The maximum atomic E-state index is 14.0. The highest BCUT2D eigenvalue weighted by Crippen LogP contribution is 2.52. The first-order chi connectivity index (χ1) is 18.9. The van der Waals surface area contributed by atoms with E-state index in [9.17, 15) is 29.7 Å². The maximum Gasteiger partial charge on any atom is 0.255 e. The van der Waals surface area contributed by atoms with E-state index in [-0.39, 0.29) is 22.6 Å². The summed E-state index contributed by atoms with van der Waals surface area (Å²) < 4.78 is 0. The SMILES string of the molecule is CN(C)c1cc(CN2CCCCCC2)c(O)c2c1CC1CC3C(C(=O)C(C(N)=O)=C(O)[C@H]3N(C)C)C(=O)C1=C2O. The molecule has 2 fully saturated rings. The number of phenols is 1. The Hall–Kier alpha value is -3.37. The number of aliphatic hydroxyl groups is 2. The van der Waals surface area contributed by atoms with Gasteiger partial charge in [0, 0.05) is 37.5 Å². The molecule has 10 nitrogen and oxygen atoms in total. The van der Waals surface area contributed by atoms with Gasteiger partial charge in [-0.2, -0.15) is 0 Å².